The van der Waals surface area contributed by atoms with Crippen molar-refractivity contribution in [3.63, 3.8) is 0 Å². The zero-order chi connectivity index (χ0) is 21.4. The van der Waals surface area contributed by atoms with Gasteiger partial charge in [0.15, 0.2) is 23.0 Å². The summed E-state index contributed by atoms with van der Waals surface area (Å²) in [6.45, 7) is -0.778. The SMILES string of the molecule is CCOc1cc(/C=C/C(=O)Nc2ccc(OC)c(OC(F)F)c2)cc(Cl)c1OC. The van der Waals surface area contributed by atoms with E-state index in [1.54, 1.807) is 12.1 Å². The minimum absolute atomic E-state index is 0.121. The molecule has 0 aliphatic rings. The Balaban J connectivity index is 2.15. The van der Waals surface area contributed by atoms with E-state index in [0.717, 1.165) is 0 Å². The van der Waals surface area contributed by atoms with Gasteiger partial charge in [-0.15, -0.1) is 0 Å². The third-order valence-electron chi connectivity index (χ3n) is 3.61. The van der Waals surface area contributed by atoms with Crippen LogP contribution >= 0.6 is 11.6 Å². The fourth-order valence-electron chi connectivity index (χ4n) is 2.44. The van der Waals surface area contributed by atoms with E-state index < -0.39 is 12.5 Å². The van der Waals surface area contributed by atoms with Crippen molar-refractivity contribution in [2.24, 2.45) is 0 Å². The van der Waals surface area contributed by atoms with Crippen LogP contribution in [0.5, 0.6) is 23.0 Å². The maximum Gasteiger partial charge on any atom is 0.387 e. The molecule has 29 heavy (non-hydrogen) atoms. The lowest BCUT2D eigenvalue weighted by molar-refractivity contribution is -0.111. The summed E-state index contributed by atoms with van der Waals surface area (Å²) in [5, 5.41) is 2.89. The Morgan fingerprint density at radius 2 is 1.90 bits per heavy atom. The van der Waals surface area contributed by atoms with Gasteiger partial charge in [-0.25, -0.2) is 0 Å². The number of anilines is 1. The Hall–Kier alpha value is -3.00. The summed E-state index contributed by atoms with van der Waals surface area (Å²) in [4.78, 5) is 12.2. The molecule has 0 radical (unpaired) electrons. The van der Waals surface area contributed by atoms with Crippen molar-refractivity contribution in [1.29, 1.82) is 0 Å². The molecular formula is C20H20ClF2NO5. The number of halogens is 3. The molecule has 0 aromatic heterocycles. The molecular weight excluding hydrogens is 408 g/mol. The van der Waals surface area contributed by atoms with Crippen molar-refractivity contribution in [2.45, 2.75) is 13.5 Å². The summed E-state index contributed by atoms with van der Waals surface area (Å²) in [5.74, 6) is 0.303. The van der Waals surface area contributed by atoms with E-state index in [9.17, 15) is 13.6 Å². The maximum atomic E-state index is 12.5. The predicted octanol–water partition coefficient (Wildman–Crippen LogP) is 5.01. The molecule has 9 heteroatoms. The number of carbonyl (C=O) groups is 1. The largest absolute Gasteiger partial charge is 0.493 e. The molecule has 0 spiro atoms. The summed E-state index contributed by atoms with van der Waals surface area (Å²) < 4.78 is 45.1. The van der Waals surface area contributed by atoms with Crippen LogP contribution in [0.1, 0.15) is 12.5 Å². The number of ether oxygens (including phenoxy) is 4. The van der Waals surface area contributed by atoms with Gasteiger partial charge in [0.1, 0.15) is 0 Å². The van der Waals surface area contributed by atoms with E-state index in [4.69, 9.17) is 25.8 Å². The molecule has 1 N–H and O–H groups in total. The van der Waals surface area contributed by atoms with Crippen LogP contribution in [0.2, 0.25) is 5.02 Å². The Morgan fingerprint density at radius 3 is 2.52 bits per heavy atom. The number of methoxy groups -OCH3 is 2. The number of alkyl halides is 2. The smallest absolute Gasteiger partial charge is 0.387 e. The van der Waals surface area contributed by atoms with Gasteiger partial charge in [-0.3, -0.25) is 4.79 Å². The topological polar surface area (TPSA) is 66.0 Å². The van der Waals surface area contributed by atoms with Gasteiger partial charge in [-0.05, 0) is 42.8 Å². The lowest BCUT2D eigenvalue weighted by atomic mass is 10.2. The molecule has 0 aliphatic heterocycles. The first-order valence-corrected chi connectivity index (χ1v) is 8.88. The molecule has 0 unspecified atom stereocenters. The van der Waals surface area contributed by atoms with E-state index >= 15 is 0 Å². The second-order valence-corrected chi connectivity index (χ2v) is 5.94. The minimum Gasteiger partial charge on any atom is -0.493 e. The van der Waals surface area contributed by atoms with Crippen molar-refractivity contribution in [3.05, 3.63) is 47.0 Å². The molecule has 0 saturated carbocycles. The standard InChI is InChI=1S/C20H20ClF2NO5/c1-4-28-17-10-12(9-14(21)19(17)27-3)5-8-18(25)24-13-6-7-15(26-2)16(11-13)29-20(22)23/h5-11,20H,4H2,1-3H3,(H,24,25)/b8-5+. The fourth-order valence-corrected chi connectivity index (χ4v) is 2.74. The number of carbonyl (C=O) groups excluding carboxylic acids is 1. The fraction of sp³-hybridized carbons (Fsp3) is 0.250. The first-order chi connectivity index (χ1) is 13.9. The van der Waals surface area contributed by atoms with Crippen molar-refractivity contribution >= 4 is 29.3 Å². The molecule has 1 amide bonds. The number of benzene rings is 2. The van der Waals surface area contributed by atoms with Crippen LogP contribution in [0.4, 0.5) is 14.5 Å². The van der Waals surface area contributed by atoms with E-state index in [1.807, 2.05) is 6.92 Å². The number of amides is 1. The third kappa shape index (κ3) is 6.25. The molecule has 2 rings (SSSR count). The number of hydrogen-bond acceptors (Lipinski definition) is 5. The molecule has 2 aromatic carbocycles. The maximum absolute atomic E-state index is 12.5. The molecule has 0 bridgehead atoms. The second kappa shape index (κ2) is 10.5. The van der Waals surface area contributed by atoms with Crippen LogP contribution in [0, 0.1) is 0 Å². The van der Waals surface area contributed by atoms with Crippen LogP contribution in [-0.4, -0.2) is 33.3 Å². The molecule has 2 aromatic rings. The highest BCUT2D eigenvalue weighted by Gasteiger charge is 2.13. The lowest BCUT2D eigenvalue weighted by Crippen LogP contribution is -2.09. The summed E-state index contributed by atoms with van der Waals surface area (Å²) in [6.07, 6.45) is 2.80. The van der Waals surface area contributed by atoms with E-state index in [0.29, 0.717) is 28.7 Å². The van der Waals surface area contributed by atoms with Gasteiger partial charge in [0.2, 0.25) is 5.91 Å². The van der Waals surface area contributed by atoms with Gasteiger partial charge < -0.3 is 24.3 Å². The first kappa shape index (κ1) is 22.3. The zero-order valence-corrected chi connectivity index (χ0v) is 16.8. The molecule has 0 heterocycles. The van der Waals surface area contributed by atoms with Crippen LogP contribution in [-0.2, 0) is 4.79 Å². The van der Waals surface area contributed by atoms with Crippen molar-refractivity contribution in [1.82, 2.24) is 0 Å². The summed E-state index contributed by atoms with van der Waals surface area (Å²) in [7, 11) is 2.80. The van der Waals surface area contributed by atoms with Crippen LogP contribution < -0.4 is 24.3 Å². The Labute approximate surface area is 172 Å². The third-order valence-corrected chi connectivity index (χ3v) is 3.89. The number of rotatable bonds is 9. The van der Waals surface area contributed by atoms with Crippen LogP contribution in [0.15, 0.2) is 36.4 Å². The lowest BCUT2D eigenvalue weighted by Gasteiger charge is -2.12. The Morgan fingerprint density at radius 1 is 1.14 bits per heavy atom. The van der Waals surface area contributed by atoms with Crippen LogP contribution in [0.25, 0.3) is 6.08 Å². The Kier molecular flexibility index (Phi) is 8.09. The second-order valence-electron chi connectivity index (χ2n) is 5.53. The van der Waals surface area contributed by atoms with Gasteiger partial charge in [0.25, 0.3) is 0 Å². The Bertz CT molecular complexity index is 889. The van der Waals surface area contributed by atoms with Crippen molar-refractivity contribution < 1.29 is 32.5 Å². The zero-order valence-electron chi connectivity index (χ0n) is 16.0. The summed E-state index contributed by atoms with van der Waals surface area (Å²) in [6, 6.07) is 7.46. The first-order valence-electron chi connectivity index (χ1n) is 8.50. The minimum atomic E-state index is -3.02. The van der Waals surface area contributed by atoms with Gasteiger partial charge in [0, 0.05) is 17.8 Å². The molecule has 0 atom stereocenters. The number of hydrogen-bond donors (Lipinski definition) is 1. The highest BCUT2D eigenvalue weighted by atomic mass is 35.5. The quantitative estimate of drug-likeness (QED) is 0.570. The van der Waals surface area contributed by atoms with Gasteiger partial charge in [-0.1, -0.05) is 11.6 Å². The highest BCUT2D eigenvalue weighted by molar-refractivity contribution is 6.32. The van der Waals surface area contributed by atoms with Crippen LogP contribution in [0.3, 0.4) is 0 Å². The van der Waals surface area contributed by atoms with E-state index in [1.165, 1.54) is 44.6 Å². The summed E-state index contributed by atoms with van der Waals surface area (Å²) in [5.41, 5.74) is 0.879. The average molecular weight is 428 g/mol. The van der Waals surface area contributed by atoms with Gasteiger partial charge in [-0.2, -0.15) is 8.78 Å². The molecule has 6 nitrogen and oxygen atoms in total. The monoisotopic (exact) mass is 427 g/mol. The molecule has 0 saturated heterocycles. The average Bonchev–Trinajstić information content (AvgIpc) is 2.66. The molecule has 156 valence electrons. The normalized spacial score (nSPS) is 10.9. The van der Waals surface area contributed by atoms with E-state index in [-0.39, 0.29) is 17.2 Å². The van der Waals surface area contributed by atoms with Gasteiger partial charge >= 0.3 is 6.61 Å². The van der Waals surface area contributed by atoms with Crippen molar-refractivity contribution in [2.75, 3.05) is 26.1 Å². The highest BCUT2D eigenvalue weighted by Crippen LogP contribution is 2.36. The van der Waals surface area contributed by atoms with Crippen molar-refractivity contribution in [3.8, 4) is 23.0 Å². The molecule has 0 fully saturated rings. The summed E-state index contributed by atoms with van der Waals surface area (Å²) >= 11 is 6.18. The molecule has 0 aliphatic carbocycles. The van der Waals surface area contributed by atoms with Gasteiger partial charge in [0.05, 0.1) is 25.8 Å². The predicted molar refractivity (Wildman–Crippen MR) is 106 cm³/mol. The van der Waals surface area contributed by atoms with E-state index in [2.05, 4.69) is 10.1 Å². The number of nitrogens with one attached hydrogen (secondary N) is 1.